The van der Waals surface area contributed by atoms with Crippen LogP contribution in [0.5, 0.6) is 0 Å². The van der Waals surface area contributed by atoms with Crippen molar-refractivity contribution in [2.24, 2.45) is 0 Å². The SMILES string of the molecule is CC1=C2c3c(-c4ccc(C(C)(C)C)cc4)cccc3[CH]1[Zr]([CH3])([CH3])[CH]1C(C)=C(c3c(-c4ccc(C(C)(C)C)cc4)cccc31)[Si]2(C)C. The molecular formula is C44H52SiZr. The maximum atomic E-state index is 2.77. The Morgan fingerprint density at radius 2 is 0.870 bits per heavy atom. The van der Waals surface area contributed by atoms with E-state index < -0.39 is 28.3 Å². The fourth-order valence-electron chi connectivity index (χ4n) is 9.93. The summed E-state index contributed by atoms with van der Waals surface area (Å²) in [7, 11) is -2.16. The second-order valence-electron chi connectivity index (χ2n) is 17.6. The van der Waals surface area contributed by atoms with Gasteiger partial charge in [-0.25, -0.2) is 0 Å². The van der Waals surface area contributed by atoms with Crippen molar-refractivity contribution in [3.05, 3.63) is 129 Å². The molecule has 1 aliphatic heterocycles. The Kier molecular flexibility index (Phi) is 7.30. The molecule has 0 aromatic heterocycles. The summed E-state index contributed by atoms with van der Waals surface area (Å²) in [6, 6.07) is 33.6. The minimum absolute atomic E-state index is 0.150. The van der Waals surface area contributed by atoms with Gasteiger partial charge in [-0.2, -0.15) is 0 Å². The fourth-order valence-corrected chi connectivity index (χ4v) is 27.1. The molecular weight excluding hydrogens is 648 g/mol. The van der Waals surface area contributed by atoms with Gasteiger partial charge in [-0.15, -0.1) is 0 Å². The maximum absolute atomic E-state index is 2.96. The standard InChI is InChI=1S/C42H46Si.2CH3.Zr/c1-27-25-31-13-11-15-35(29-17-21-33(22-18-29)41(3,4)5)37(31)39(27)43(9,10)40-28(2)26-32-14-12-16-36(38(32)40)30-19-23-34(24-20-30)42(6,7)8;;;/h11-26H,1-10H3;2*1H3;. The number of fused-ring (bicyclic) bond motifs is 8. The van der Waals surface area contributed by atoms with Crippen LogP contribution in [0, 0.1) is 0 Å². The average molecular weight is 700 g/mol. The van der Waals surface area contributed by atoms with Gasteiger partial charge in [0.15, 0.2) is 0 Å². The molecule has 0 nitrogen and oxygen atoms in total. The Morgan fingerprint density at radius 1 is 0.522 bits per heavy atom. The Labute approximate surface area is 284 Å². The van der Waals surface area contributed by atoms with Crippen LogP contribution in [0.15, 0.2) is 96.1 Å². The number of hydrogen-bond donors (Lipinski definition) is 0. The van der Waals surface area contributed by atoms with Gasteiger partial charge in [0.1, 0.15) is 0 Å². The molecule has 3 aliphatic rings. The summed E-state index contributed by atoms with van der Waals surface area (Å²) >= 11 is -2.96. The molecule has 4 bridgehead atoms. The Hall–Kier alpha value is -2.54. The molecule has 0 N–H and O–H groups in total. The first-order valence-corrected chi connectivity index (χ1v) is 28.1. The van der Waals surface area contributed by atoms with Crippen LogP contribution < -0.4 is 0 Å². The van der Waals surface area contributed by atoms with Gasteiger partial charge in [-0.05, 0) is 0 Å². The summed E-state index contributed by atoms with van der Waals surface area (Å²) in [6.07, 6.45) is 0. The monoisotopic (exact) mass is 698 g/mol. The Bertz CT molecular complexity index is 1810. The van der Waals surface area contributed by atoms with E-state index >= 15 is 0 Å². The summed E-state index contributed by atoms with van der Waals surface area (Å²) in [4.78, 5) is 0. The van der Waals surface area contributed by atoms with Crippen LogP contribution in [0.25, 0.3) is 32.6 Å². The summed E-state index contributed by atoms with van der Waals surface area (Å²) < 4.78 is 6.74. The predicted octanol–water partition coefficient (Wildman–Crippen LogP) is 13.0. The molecule has 0 saturated carbocycles. The van der Waals surface area contributed by atoms with Gasteiger partial charge in [0.25, 0.3) is 0 Å². The molecule has 2 aliphatic carbocycles. The molecule has 7 rings (SSSR count). The van der Waals surface area contributed by atoms with Crippen molar-refractivity contribution in [1.29, 1.82) is 0 Å². The van der Waals surface area contributed by atoms with Crippen LogP contribution in [0.2, 0.25) is 22.4 Å². The zero-order valence-electron chi connectivity index (χ0n) is 30.2. The number of allylic oxidation sites excluding steroid dienone is 2. The molecule has 1 heterocycles. The first-order chi connectivity index (χ1) is 21.5. The van der Waals surface area contributed by atoms with E-state index in [9.17, 15) is 0 Å². The molecule has 0 spiro atoms. The van der Waals surface area contributed by atoms with Crippen molar-refractivity contribution in [2.75, 3.05) is 0 Å². The van der Waals surface area contributed by atoms with E-state index in [1.807, 2.05) is 0 Å². The van der Waals surface area contributed by atoms with Crippen molar-refractivity contribution in [1.82, 2.24) is 0 Å². The second-order valence-corrected chi connectivity index (χ2v) is 33.7. The third-order valence-corrected chi connectivity index (χ3v) is 26.6. The van der Waals surface area contributed by atoms with E-state index in [0.717, 1.165) is 0 Å². The van der Waals surface area contributed by atoms with Gasteiger partial charge in [0.05, 0.1) is 0 Å². The van der Waals surface area contributed by atoms with E-state index in [4.69, 9.17) is 0 Å². The van der Waals surface area contributed by atoms with Gasteiger partial charge >= 0.3 is 286 Å². The van der Waals surface area contributed by atoms with Crippen LogP contribution in [-0.2, 0) is 31.1 Å². The summed E-state index contributed by atoms with van der Waals surface area (Å²) in [5.41, 5.74) is 18.6. The molecule has 236 valence electrons. The fraction of sp³-hybridized carbons (Fsp3) is 0.364. The molecule has 0 radical (unpaired) electrons. The molecule has 4 aromatic rings. The van der Waals surface area contributed by atoms with Crippen molar-refractivity contribution in [3.8, 4) is 22.3 Å². The van der Waals surface area contributed by atoms with Gasteiger partial charge in [0, 0.05) is 0 Å². The van der Waals surface area contributed by atoms with Crippen LogP contribution in [0.4, 0.5) is 0 Å². The van der Waals surface area contributed by atoms with Gasteiger partial charge in [-0.1, -0.05) is 0 Å². The molecule has 46 heavy (non-hydrogen) atoms. The van der Waals surface area contributed by atoms with E-state index in [-0.39, 0.29) is 10.8 Å². The summed E-state index contributed by atoms with van der Waals surface area (Å²) in [6.45, 7) is 24.3. The molecule has 4 aromatic carbocycles. The molecule has 0 amide bonds. The van der Waals surface area contributed by atoms with Gasteiger partial charge in [0.2, 0.25) is 0 Å². The molecule has 0 saturated heterocycles. The normalized spacial score (nSPS) is 21.2. The summed E-state index contributed by atoms with van der Waals surface area (Å²) in [5.74, 6) is 0. The molecule has 2 atom stereocenters. The molecule has 0 fully saturated rings. The van der Waals surface area contributed by atoms with Crippen molar-refractivity contribution in [3.63, 3.8) is 0 Å². The van der Waals surface area contributed by atoms with Gasteiger partial charge in [-0.3, -0.25) is 0 Å². The first-order valence-electron chi connectivity index (χ1n) is 17.4. The average Bonchev–Trinajstić information content (AvgIpc) is 3.48. The third-order valence-electron chi connectivity index (χ3n) is 11.8. The third kappa shape index (κ3) is 4.60. The van der Waals surface area contributed by atoms with E-state index in [1.54, 1.807) is 43.8 Å². The van der Waals surface area contributed by atoms with Crippen LogP contribution >= 0.6 is 0 Å². The first kappa shape index (κ1) is 32.0. The van der Waals surface area contributed by atoms with Crippen molar-refractivity contribution in [2.45, 2.75) is 95.8 Å². The number of rotatable bonds is 2. The van der Waals surface area contributed by atoms with Crippen molar-refractivity contribution < 1.29 is 20.3 Å². The minimum atomic E-state index is -2.96. The predicted molar refractivity (Wildman–Crippen MR) is 201 cm³/mol. The van der Waals surface area contributed by atoms with Crippen LogP contribution in [0.3, 0.4) is 0 Å². The van der Waals surface area contributed by atoms with Crippen LogP contribution in [0.1, 0.15) is 96.0 Å². The van der Waals surface area contributed by atoms with Crippen LogP contribution in [-0.4, -0.2) is 8.07 Å². The summed E-state index contributed by atoms with van der Waals surface area (Å²) in [5, 5.41) is 3.46. The topological polar surface area (TPSA) is 0 Å². The van der Waals surface area contributed by atoms with E-state index in [2.05, 4.69) is 163 Å². The Morgan fingerprint density at radius 3 is 1.20 bits per heavy atom. The second kappa shape index (κ2) is 10.5. The number of hydrogen-bond acceptors (Lipinski definition) is 0. The Balaban J connectivity index is 1.46. The molecule has 2 unspecified atom stereocenters. The zero-order chi connectivity index (χ0) is 33.1. The quantitative estimate of drug-likeness (QED) is 0.183. The molecule has 2 heteroatoms. The number of benzene rings is 4. The van der Waals surface area contributed by atoms with Gasteiger partial charge < -0.3 is 0 Å². The zero-order valence-corrected chi connectivity index (χ0v) is 33.7. The van der Waals surface area contributed by atoms with Crippen molar-refractivity contribution >= 4 is 18.5 Å². The van der Waals surface area contributed by atoms with E-state index in [0.29, 0.717) is 7.25 Å². The van der Waals surface area contributed by atoms with E-state index in [1.165, 1.54) is 33.4 Å².